The zero-order valence-electron chi connectivity index (χ0n) is 30.1. The molecule has 2 N–H and O–H groups in total. The fourth-order valence-electron chi connectivity index (χ4n) is 8.17. The zero-order chi connectivity index (χ0) is 36.5. The van der Waals surface area contributed by atoms with E-state index in [2.05, 4.69) is 37.7 Å². The van der Waals surface area contributed by atoms with Crippen molar-refractivity contribution < 1.29 is 9.53 Å². The number of methoxy groups -OCH3 is 1. The molecule has 0 radical (unpaired) electrons. The first-order chi connectivity index (χ1) is 25.9. The summed E-state index contributed by atoms with van der Waals surface area (Å²) in [6.07, 6.45) is 8.47. The molecule has 0 spiro atoms. The number of hydrogen-bond acceptors (Lipinski definition) is 5. The van der Waals surface area contributed by atoms with Crippen molar-refractivity contribution in [3.05, 3.63) is 119 Å². The molecule has 8 rings (SSSR count). The molecule has 2 aromatic heterocycles. The number of ether oxygens (including phenoxy) is 1. The molecule has 0 bridgehead atoms. The largest absolute Gasteiger partial charge is 0.497 e. The van der Waals surface area contributed by atoms with E-state index >= 15 is 0 Å². The van der Waals surface area contributed by atoms with E-state index in [1.54, 1.807) is 7.11 Å². The lowest BCUT2D eigenvalue weighted by molar-refractivity contribution is 0.102. The van der Waals surface area contributed by atoms with Gasteiger partial charge < -0.3 is 24.5 Å². The fraction of sp³-hybridized carbons (Fsp3) is 0.302. The van der Waals surface area contributed by atoms with Gasteiger partial charge in [-0.2, -0.15) is 0 Å². The lowest BCUT2D eigenvalue weighted by Gasteiger charge is -2.42. The standard InChI is InChI=1S/C43H44Cl2N6O2/c1-28(29-13-15-31(44)16-14-29)51-27-46-40(30-9-5-3-6-10-30)42(51)39-35-19-17-32(45)25-36(35)47-41(39)43(52)48-37-26-34(53-2)18-20-38(37)50-23-21-49(22-24-50)33-11-7-4-8-12-33/h3,5-6,9-10,13-20,25-28,33,47H,4,7-8,11-12,21-24H2,1-2H3,(H,48,52)/t28-/m0/s1. The van der Waals surface area contributed by atoms with Gasteiger partial charge in [0, 0.05) is 70.4 Å². The van der Waals surface area contributed by atoms with Gasteiger partial charge in [0.1, 0.15) is 11.4 Å². The number of rotatable bonds is 9. The number of imidazole rings is 1. The van der Waals surface area contributed by atoms with Gasteiger partial charge in [-0.3, -0.25) is 9.69 Å². The van der Waals surface area contributed by atoms with Crippen LogP contribution in [0, 0.1) is 0 Å². The highest BCUT2D eigenvalue weighted by Gasteiger charge is 2.30. The SMILES string of the molecule is COc1ccc(N2CCN(C3CCCCC3)CC2)c(NC(=O)c2[nH]c3cc(Cl)ccc3c2-c2c(-c3ccccc3)ncn2[C@@H](C)c2ccc(Cl)cc2)c1. The smallest absolute Gasteiger partial charge is 0.272 e. The maximum Gasteiger partial charge on any atom is 0.272 e. The maximum absolute atomic E-state index is 14.8. The highest BCUT2D eigenvalue weighted by atomic mass is 35.5. The number of carbonyl (C=O) groups excluding carboxylic acids is 1. The van der Waals surface area contributed by atoms with Crippen molar-refractivity contribution in [2.24, 2.45) is 0 Å². The Labute approximate surface area is 320 Å². The number of amides is 1. The van der Waals surface area contributed by atoms with Crippen molar-refractivity contribution in [3.63, 3.8) is 0 Å². The van der Waals surface area contributed by atoms with Crippen molar-refractivity contribution >= 4 is 51.4 Å². The molecule has 10 heteroatoms. The van der Waals surface area contributed by atoms with E-state index in [4.69, 9.17) is 32.9 Å². The van der Waals surface area contributed by atoms with Crippen molar-refractivity contribution in [1.29, 1.82) is 0 Å². The zero-order valence-corrected chi connectivity index (χ0v) is 31.6. The second kappa shape index (κ2) is 15.3. The third kappa shape index (κ3) is 7.16. The highest BCUT2D eigenvalue weighted by Crippen LogP contribution is 2.42. The number of hydrogen-bond donors (Lipinski definition) is 2. The lowest BCUT2D eigenvalue weighted by atomic mass is 9.94. The molecule has 1 amide bonds. The minimum Gasteiger partial charge on any atom is -0.497 e. The van der Waals surface area contributed by atoms with E-state index in [0.29, 0.717) is 33.2 Å². The molecule has 4 aromatic carbocycles. The molecule has 1 aliphatic heterocycles. The topological polar surface area (TPSA) is 78.4 Å². The van der Waals surface area contributed by atoms with Crippen LogP contribution in [0.25, 0.3) is 33.4 Å². The average Bonchev–Trinajstić information content (AvgIpc) is 3.80. The number of carbonyl (C=O) groups is 1. The Hall–Kier alpha value is -4.76. The van der Waals surface area contributed by atoms with E-state index in [9.17, 15) is 4.79 Å². The number of anilines is 2. The Morgan fingerprint density at radius 3 is 2.36 bits per heavy atom. The van der Waals surface area contributed by atoms with Gasteiger partial charge in [0.15, 0.2) is 0 Å². The molecule has 6 aromatic rings. The van der Waals surface area contributed by atoms with Crippen LogP contribution in [-0.2, 0) is 0 Å². The molecule has 2 fully saturated rings. The summed E-state index contributed by atoms with van der Waals surface area (Å²) in [5, 5.41) is 5.43. The van der Waals surface area contributed by atoms with Gasteiger partial charge in [-0.05, 0) is 61.7 Å². The summed E-state index contributed by atoms with van der Waals surface area (Å²) in [4.78, 5) is 28.3. The van der Waals surface area contributed by atoms with Crippen molar-refractivity contribution in [2.45, 2.75) is 51.1 Å². The van der Waals surface area contributed by atoms with Gasteiger partial charge in [-0.1, -0.05) is 91.0 Å². The normalized spacial score (nSPS) is 16.2. The summed E-state index contributed by atoms with van der Waals surface area (Å²) in [5.74, 6) is 0.406. The van der Waals surface area contributed by atoms with Crippen LogP contribution in [0.2, 0.25) is 10.0 Å². The summed E-state index contributed by atoms with van der Waals surface area (Å²) in [6, 6.07) is 30.2. The van der Waals surface area contributed by atoms with E-state index in [0.717, 1.165) is 70.8 Å². The Kier molecular flexibility index (Phi) is 10.2. The molecular weight excluding hydrogens is 703 g/mol. The number of H-pyrrole nitrogens is 1. The summed E-state index contributed by atoms with van der Waals surface area (Å²) in [7, 11) is 1.65. The van der Waals surface area contributed by atoms with E-state index < -0.39 is 0 Å². The number of piperazine rings is 1. The molecule has 2 aliphatic rings. The Balaban J connectivity index is 1.21. The molecule has 1 aliphatic carbocycles. The minimum absolute atomic E-state index is 0.127. The van der Waals surface area contributed by atoms with Crippen LogP contribution in [0.15, 0.2) is 97.3 Å². The lowest BCUT2D eigenvalue weighted by Crippen LogP contribution is -2.51. The van der Waals surface area contributed by atoms with E-state index in [-0.39, 0.29) is 11.9 Å². The third-order valence-corrected chi connectivity index (χ3v) is 11.5. The van der Waals surface area contributed by atoms with Crippen LogP contribution >= 0.6 is 23.2 Å². The molecule has 53 heavy (non-hydrogen) atoms. The third-order valence-electron chi connectivity index (χ3n) is 11.0. The number of halogens is 2. The molecule has 1 saturated heterocycles. The highest BCUT2D eigenvalue weighted by molar-refractivity contribution is 6.31. The monoisotopic (exact) mass is 746 g/mol. The number of benzene rings is 4. The first-order valence-electron chi connectivity index (χ1n) is 18.6. The number of fused-ring (bicyclic) bond motifs is 1. The molecule has 8 nitrogen and oxygen atoms in total. The second-order valence-corrected chi connectivity index (χ2v) is 15.0. The minimum atomic E-state index is -0.270. The Bertz CT molecular complexity index is 2220. The van der Waals surface area contributed by atoms with Gasteiger partial charge in [0.25, 0.3) is 5.91 Å². The summed E-state index contributed by atoms with van der Waals surface area (Å²) >= 11 is 12.8. The quantitative estimate of drug-likeness (QED) is 0.154. The molecule has 3 heterocycles. The van der Waals surface area contributed by atoms with Crippen LogP contribution in [0.3, 0.4) is 0 Å². The van der Waals surface area contributed by atoms with Crippen molar-refractivity contribution in [3.8, 4) is 28.3 Å². The summed E-state index contributed by atoms with van der Waals surface area (Å²) in [5.41, 5.74) is 7.21. The predicted octanol–water partition coefficient (Wildman–Crippen LogP) is 10.3. The molecule has 1 saturated carbocycles. The number of nitrogens with one attached hydrogen (secondary N) is 2. The molecule has 1 atom stereocenters. The van der Waals surface area contributed by atoms with Gasteiger partial charge >= 0.3 is 0 Å². The average molecular weight is 748 g/mol. The predicted molar refractivity (Wildman–Crippen MR) is 217 cm³/mol. The van der Waals surface area contributed by atoms with Crippen LogP contribution < -0.4 is 15.0 Å². The van der Waals surface area contributed by atoms with E-state index in [1.165, 1.54) is 32.1 Å². The molecule has 272 valence electrons. The van der Waals surface area contributed by atoms with Crippen LogP contribution in [-0.4, -0.2) is 64.7 Å². The van der Waals surface area contributed by atoms with Crippen LogP contribution in [0.5, 0.6) is 5.75 Å². The number of nitrogens with zero attached hydrogens (tertiary/aromatic N) is 4. The van der Waals surface area contributed by atoms with Crippen LogP contribution in [0.4, 0.5) is 11.4 Å². The first kappa shape index (κ1) is 35.3. The van der Waals surface area contributed by atoms with Gasteiger partial charge in [-0.15, -0.1) is 0 Å². The summed E-state index contributed by atoms with van der Waals surface area (Å²) < 4.78 is 7.80. The number of aromatic nitrogens is 3. The number of aromatic amines is 1. The Morgan fingerprint density at radius 2 is 1.62 bits per heavy atom. The van der Waals surface area contributed by atoms with Gasteiger partial charge in [-0.25, -0.2) is 4.98 Å². The Morgan fingerprint density at radius 1 is 0.887 bits per heavy atom. The van der Waals surface area contributed by atoms with Crippen LogP contribution in [0.1, 0.15) is 61.1 Å². The van der Waals surface area contributed by atoms with E-state index in [1.807, 2.05) is 91.3 Å². The van der Waals surface area contributed by atoms with Gasteiger partial charge in [0.2, 0.25) is 0 Å². The first-order valence-corrected chi connectivity index (χ1v) is 19.3. The molecular formula is C43H44Cl2N6O2. The molecule has 0 unspecified atom stereocenters. The maximum atomic E-state index is 14.8. The van der Waals surface area contributed by atoms with Gasteiger partial charge in [0.05, 0.1) is 42.2 Å². The second-order valence-electron chi connectivity index (χ2n) is 14.2. The fourth-order valence-corrected chi connectivity index (χ4v) is 8.47. The van der Waals surface area contributed by atoms with Crippen molar-refractivity contribution in [2.75, 3.05) is 43.5 Å². The summed E-state index contributed by atoms with van der Waals surface area (Å²) in [6.45, 7) is 5.93. The van der Waals surface area contributed by atoms with Crippen molar-refractivity contribution in [1.82, 2.24) is 19.4 Å².